The Bertz CT molecular complexity index is 363. The number of rotatable bonds is 4. The molecule has 0 bridgehead atoms. The molecule has 2 rings (SSSR count). The highest BCUT2D eigenvalue weighted by molar-refractivity contribution is 6.31. The van der Waals surface area contributed by atoms with Crippen molar-refractivity contribution >= 4 is 11.6 Å². The van der Waals surface area contributed by atoms with Crippen molar-refractivity contribution in [1.29, 1.82) is 0 Å². The zero-order valence-corrected chi connectivity index (χ0v) is 10.0. The topological polar surface area (TPSA) is 26.0 Å². The first-order valence-electron chi connectivity index (χ1n) is 5.84. The zero-order valence-electron chi connectivity index (χ0n) is 9.26. The average Bonchev–Trinajstić information content (AvgIpc) is 2.18. The molecule has 0 aromatic heterocycles. The van der Waals surface area contributed by atoms with Crippen LogP contribution in [0, 0.1) is 11.7 Å². The maximum atomic E-state index is 13.0. The van der Waals surface area contributed by atoms with Crippen LogP contribution in [0.4, 0.5) is 4.39 Å². The average molecular weight is 242 g/mol. The molecular formula is C13H17ClFN. The number of halogens is 2. The van der Waals surface area contributed by atoms with Crippen molar-refractivity contribution in [2.45, 2.75) is 38.1 Å². The van der Waals surface area contributed by atoms with Crippen molar-refractivity contribution < 1.29 is 4.39 Å². The van der Waals surface area contributed by atoms with Crippen molar-refractivity contribution in [3.8, 4) is 0 Å². The van der Waals surface area contributed by atoms with Gasteiger partial charge in [-0.25, -0.2) is 4.39 Å². The Labute approximate surface area is 101 Å². The third kappa shape index (κ3) is 2.96. The predicted molar refractivity (Wildman–Crippen MR) is 65.0 cm³/mol. The summed E-state index contributed by atoms with van der Waals surface area (Å²) in [5, 5.41) is 0.616. The number of nitrogens with two attached hydrogens (primary N) is 1. The lowest BCUT2D eigenvalue weighted by Gasteiger charge is -2.28. The Morgan fingerprint density at radius 3 is 2.81 bits per heavy atom. The largest absolute Gasteiger partial charge is 0.327 e. The maximum Gasteiger partial charge on any atom is 0.123 e. The molecule has 0 aliphatic heterocycles. The van der Waals surface area contributed by atoms with Crippen molar-refractivity contribution in [3.05, 3.63) is 34.6 Å². The second-order valence-electron chi connectivity index (χ2n) is 4.73. The van der Waals surface area contributed by atoms with Crippen LogP contribution in [0.3, 0.4) is 0 Å². The molecule has 1 aromatic carbocycles. The summed E-state index contributed by atoms with van der Waals surface area (Å²) in [6.45, 7) is 0. The van der Waals surface area contributed by atoms with Crippen LogP contribution >= 0.6 is 11.6 Å². The molecule has 0 spiro atoms. The number of hydrogen-bond acceptors (Lipinski definition) is 1. The first-order chi connectivity index (χ1) is 7.65. The van der Waals surface area contributed by atoms with E-state index in [4.69, 9.17) is 17.3 Å². The molecule has 88 valence electrons. The molecule has 0 saturated heterocycles. The maximum absolute atomic E-state index is 13.0. The van der Waals surface area contributed by atoms with E-state index in [0.29, 0.717) is 11.4 Å². The van der Waals surface area contributed by atoms with Gasteiger partial charge in [0.1, 0.15) is 5.82 Å². The molecule has 1 aliphatic rings. The van der Waals surface area contributed by atoms with Crippen molar-refractivity contribution in [1.82, 2.24) is 0 Å². The Morgan fingerprint density at radius 2 is 2.19 bits per heavy atom. The monoisotopic (exact) mass is 241 g/mol. The Balaban J connectivity index is 1.93. The normalized spacial score (nSPS) is 18.2. The standard InChI is InChI=1S/C13H17ClFN/c14-13-5-4-11(15)7-10(13)8-12(16)6-9-2-1-3-9/h4-5,7,9,12H,1-3,6,8,16H2. The summed E-state index contributed by atoms with van der Waals surface area (Å²) in [6, 6.07) is 4.57. The fraction of sp³-hybridized carbons (Fsp3) is 0.538. The summed E-state index contributed by atoms with van der Waals surface area (Å²) in [7, 11) is 0. The van der Waals surface area contributed by atoms with Crippen LogP contribution in [0.25, 0.3) is 0 Å². The van der Waals surface area contributed by atoms with E-state index in [9.17, 15) is 4.39 Å². The fourth-order valence-corrected chi connectivity index (χ4v) is 2.42. The van der Waals surface area contributed by atoms with E-state index in [0.717, 1.165) is 17.9 Å². The lowest BCUT2D eigenvalue weighted by Crippen LogP contribution is -2.28. The van der Waals surface area contributed by atoms with Gasteiger partial charge in [0.05, 0.1) is 0 Å². The molecule has 1 unspecified atom stereocenters. The highest BCUT2D eigenvalue weighted by Crippen LogP contribution is 2.31. The highest BCUT2D eigenvalue weighted by atomic mass is 35.5. The molecule has 1 aromatic rings. The van der Waals surface area contributed by atoms with Gasteiger partial charge in [-0.15, -0.1) is 0 Å². The third-order valence-corrected chi connectivity index (χ3v) is 3.72. The molecule has 3 heteroatoms. The van der Waals surface area contributed by atoms with Crippen molar-refractivity contribution in [2.75, 3.05) is 0 Å². The van der Waals surface area contributed by atoms with Gasteiger partial charge in [0, 0.05) is 11.1 Å². The summed E-state index contributed by atoms with van der Waals surface area (Å²) < 4.78 is 13.0. The summed E-state index contributed by atoms with van der Waals surface area (Å²) in [4.78, 5) is 0. The van der Waals surface area contributed by atoms with E-state index in [1.807, 2.05) is 0 Å². The van der Waals surface area contributed by atoms with Crippen LogP contribution in [-0.4, -0.2) is 6.04 Å². The minimum atomic E-state index is -0.241. The second-order valence-corrected chi connectivity index (χ2v) is 5.14. The van der Waals surface area contributed by atoms with E-state index >= 15 is 0 Å². The lowest BCUT2D eigenvalue weighted by molar-refractivity contribution is 0.275. The molecular weight excluding hydrogens is 225 g/mol. The summed E-state index contributed by atoms with van der Waals surface area (Å²) in [5.41, 5.74) is 6.88. The van der Waals surface area contributed by atoms with Gasteiger partial charge in [-0.1, -0.05) is 30.9 Å². The minimum absolute atomic E-state index is 0.101. The van der Waals surface area contributed by atoms with Gasteiger partial charge in [-0.05, 0) is 42.5 Å². The molecule has 16 heavy (non-hydrogen) atoms. The molecule has 2 N–H and O–H groups in total. The smallest absolute Gasteiger partial charge is 0.123 e. The summed E-state index contributed by atoms with van der Waals surface area (Å²) >= 11 is 6.00. The second kappa shape index (κ2) is 5.15. The van der Waals surface area contributed by atoms with E-state index in [-0.39, 0.29) is 11.9 Å². The van der Waals surface area contributed by atoms with Crippen molar-refractivity contribution in [3.63, 3.8) is 0 Å². The summed E-state index contributed by atoms with van der Waals surface area (Å²) in [6.07, 6.45) is 5.63. The molecule has 1 atom stereocenters. The first-order valence-corrected chi connectivity index (χ1v) is 6.22. The van der Waals surface area contributed by atoms with Gasteiger partial charge in [0.25, 0.3) is 0 Å². The zero-order chi connectivity index (χ0) is 11.5. The number of hydrogen-bond donors (Lipinski definition) is 1. The van der Waals surface area contributed by atoms with Crippen molar-refractivity contribution in [2.24, 2.45) is 11.7 Å². The molecule has 0 heterocycles. The van der Waals surface area contributed by atoms with Gasteiger partial charge in [-0.2, -0.15) is 0 Å². The molecule has 1 fully saturated rings. The van der Waals surface area contributed by atoms with Gasteiger partial charge in [0.15, 0.2) is 0 Å². The van der Waals surface area contributed by atoms with Gasteiger partial charge < -0.3 is 5.73 Å². The summed E-state index contributed by atoms with van der Waals surface area (Å²) in [5.74, 6) is 0.539. The van der Waals surface area contributed by atoms with Crippen LogP contribution in [0.15, 0.2) is 18.2 Å². The molecule has 1 aliphatic carbocycles. The quantitative estimate of drug-likeness (QED) is 0.857. The van der Waals surface area contributed by atoms with Crippen LogP contribution in [0.2, 0.25) is 5.02 Å². The molecule has 0 radical (unpaired) electrons. The van der Waals surface area contributed by atoms with Crippen LogP contribution < -0.4 is 5.73 Å². The SMILES string of the molecule is NC(Cc1cc(F)ccc1Cl)CC1CCC1. The predicted octanol–water partition coefficient (Wildman–Crippen LogP) is 3.54. The number of benzene rings is 1. The third-order valence-electron chi connectivity index (χ3n) is 3.35. The van der Waals surface area contributed by atoms with Crippen LogP contribution in [0.5, 0.6) is 0 Å². The van der Waals surface area contributed by atoms with Gasteiger partial charge >= 0.3 is 0 Å². The molecule has 1 nitrogen and oxygen atoms in total. The van der Waals surface area contributed by atoms with E-state index < -0.39 is 0 Å². The van der Waals surface area contributed by atoms with Crippen LogP contribution in [-0.2, 0) is 6.42 Å². The highest BCUT2D eigenvalue weighted by Gasteiger charge is 2.20. The van der Waals surface area contributed by atoms with E-state index in [1.54, 1.807) is 6.07 Å². The van der Waals surface area contributed by atoms with Gasteiger partial charge in [-0.3, -0.25) is 0 Å². The minimum Gasteiger partial charge on any atom is -0.327 e. The Morgan fingerprint density at radius 1 is 1.44 bits per heavy atom. The first kappa shape index (κ1) is 11.9. The molecule has 1 saturated carbocycles. The lowest BCUT2D eigenvalue weighted by atomic mass is 9.80. The molecule has 0 amide bonds. The Kier molecular flexibility index (Phi) is 3.82. The fourth-order valence-electron chi connectivity index (χ4n) is 2.22. The van der Waals surface area contributed by atoms with Gasteiger partial charge in [0.2, 0.25) is 0 Å². The van der Waals surface area contributed by atoms with E-state index in [1.165, 1.54) is 31.4 Å². The van der Waals surface area contributed by atoms with Crippen LogP contribution in [0.1, 0.15) is 31.2 Å². The van der Waals surface area contributed by atoms with E-state index in [2.05, 4.69) is 0 Å². The Hall–Kier alpha value is -0.600.